The van der Waals surface area contributed by atoms with Gasteiger partial charge >= 0.3 is 0 Å². The number of aryl methyl sites for hydroxylation is 1. The monoisotopic (exact) mass is 455 g/mol. The molecule has 3 atom stereocenters. The standard InChI is InChI=1S/C28H37NO2.ClH/c1-4-18-31-25-13-8-11-23(19-25)28-15-9-12-24(28)20-29(17-16-28)21(3)27(30)26-14-7-6-10-22(26)5-2;/h6-8,10-11,13-14,19,21,24H,4-5,9,12,15-18,20H2,1-3H3;1H. The third-order valence-corrected chi connectivity index (χ3v) is 7.73. The van der Waals surface area contributed by atoms with Crippen molar-refractivity contribution in [2.24, 2.45) is 5.92 Å². The summed E-state index contributed by atoms with van der Waals surface area (Å²) in [6, 6.07) is 16.9. The highest BCUT2D eigenvalue weighted by Gasteiger charge is 2.48. The first-order valence-electron chi connectivity index (χ1n) is 12.2. The predicted octanol–water partition coefficient (Wildman–Crippen LogP) is 6.47. The zero-order chi connectivity index (χ0) is 21.8. The molecule has 2 aromatic carbocycles. The molecule has 0 radical (unpaired) electrons. The van der Waals surface area contributed by atoms with E-state index in [1.807, 2.05) is 18.2 Å². The highest BCUT2D eigenvalue weighted by atomic mass is 35.5. The van der Waals surface area contributed by atoms with Crippen LogP contribution in [0.25, 0.3) is 0 Å². The number of benzene rings is 2. The van der Waals surface area contributed by atoms with E-state index in [0.29, 0.717) is 5.92 Å². The van der Waals surface area contributed by atoms with Crippen molar-refractivity contribution in [2.45, 2.75) is 70.8 Å². The van der Waals surface area contributed by atoms with Crippen LogP contribution in [0.2, 0.25) is 0 Å². The molecule has 0 aromatic heterocycles. The molecule has 1 aliphatic heterocycles. The van der Waals surface area contributed by atoms with Gasteiger partial charge < -0.3 is 4.74 Å². The summed E-state index contributed by atoms with van der Waals surface area (Å²) in [5, 5.41) is 0. The first-order valence-corrected chi connectivity index (χ1v) is 12.2. The lowest BCUT2D eigenvalue weighted by atomic mass is 9.67. The minimum Gasteiger partial charge on any atom is -0.494 e. The number of nitrogens with zero attached hydrogens (tertiary/aromatic N) is 1. The van der Waals surface area contributed by atoms with E-state index in [-0.39, 0.29) is 29.6 Å². The molecule has 2 aromatic rings. The lowest BCUT2D eigenvalue weighted by Crippen LogP contribution is -2.52. The molecule has 4 heteroatoms. The number of rotatable bonds is 8. The van der Waals surface area contributed by atoms with Crippen LogP contribution >= 0.6 is 12.4 Å². The largest absolute Gasteiger partial charge is 0.494 e. The van der Waals surface area contributed by atoms with Gasteiger partial charge in [-0.05, 0) is 74.8 Å². The Morgan fingerprint density at radius 3 is 2.75 bits per heavy atom. The number of hydrogen-bond donors (Lipinski definition) is 0. The number of carbonyl (C=O) groups excluding carboxylic acids is 1. The molecule has 1 aliphatic carbocycles. The summed E-state index contributed by atoms with van der Waals surface area (Å²) < 4.78 is 5.94. The number of halogens is 1. The Kier molecular flexibility index (Phi) is 8.41. The van der Waals surface area contributed by atoms with E-state index in [4.69, 9.17) is 4.74 Å². The van der Waals surface area contributed by atoms with Gasteiger partial charge in [0.15, 0.2) is 5.78 Å². The molecule has 3 unspecified atom stereocenters. The van der Waals surface area contributed by atoms with E-state index in [2.05, 4.69) is 56.0 Å². The number of likely N-dealkylation sites (tertiary alicyclic amines) is 1. The lowest BCUT2D eigenvalue weighted by molar-refractivity contribution is 0.0611. The third kappa shape index (κ3) is 4.75. The summed E-state index contributed by atoms with van der Waals surface area (Å²) in [4.78, 5) is 15.8. The fourth-order valence-electron chi connectivity index (χ4n) is 5.91. The van der Waals surface area contributed by atoms with Gasteiger partial charge in [-0.1, -0.05) is 56.7 Å². The van der Waals surface area contributed by atoms with Gasteiger partial charge in [-0.3, -0.25) is 9.69 Å². The van der Waals surface area contributed by atoms with Crippen molar-refractivity contribution in [3.8, 4) is 5.75 Å². The van der Waals surface area contributed by atoms with Crippen molar-refractivity contribution in [3.05, 3.63) is 65.2 Å². The minimum absolute atomic E-state index is 0. The van der Waals surface area contributed by atoms with Crippen LogP contribution in [0.1, 0.15) is 74.4 Å². The van der Waals surface area contributed by atoms with E-state index in [1.165, 1.54) is 24.8 Å². The SMILES string of the molecule is CCCOc1cccc(C23CCCC2CN(C(C)C(=O)c2ccccc2CC)CC3)c1.Cl. The molecule has 1 heterocycles. The zero-order valence-electron chi connectivity index (χ0n) is 19.8. The number of ketones is 1. The fraction of sp³-hybridized carbons (Fsp3) is 0.536. The van der Waals surface area contributed by atoms with E-state index >= 15 is 0 Å². The minimum atomic E-state index is -0.0643. The van der Waals surface area contributed by atoms with Gasteiger partial charge in [-0.15, -0.1) is 12.4 Å². The first kappa shape index (κ1) is 24.8. The van der Waals surface area contributed by atoms with Crippen LogP contribution in [0.3, 0.4) is 0 Å². The van der Waals surface area contributed by atoms with Crippen LogP contribution in [-0.4, -0.2) is 36.4 Å². The maximum Gasteiger partial charge on any atom is 0.179 e. The molecule has 0 spiro atoms. The van der Waals surface area contributed by atoms with Gasteiger partial charge in [0.05, 0.1) is 12.6 Å². The molecule has 174 valence electrons. The fourth-order valence-corrected chi connectivity index (χ4v) is 5.91. The van der Waals surface area contributed by atoms with Gasteiger partial charge in [-0.2, -0.15) is 0 Å². The number of fused-ring (bicyclic) bond motifs is 1. The summed E-state index contributed by atoms with van der Waals surface area (Å²) >= 11 is 0. The molecule has 4 rings (SSSR count). The number of Topliss-reactive ketones (excluding diaryl/α,β-unsaturated/α-hetero) is 1. The molecular weight excluding hydrogens is 418 g/mol. The summed E-state index contributed by atoms with van der Waals surface area (Å²) in [5.41, 5.74) is 3.75. The summed E-state index contributed by atoms with van der Waals surface area (Å²) in [6.07, 6.45) is 6.84. The van der Waals surface area contributed by atoms with E-state index in [9.17, 15) is 4.79 Å². The Morgan fingerprint density at radius 1 is 1.16 bits per heavy atom. The van der Waals surface area contributed by atoms with E-state index in [1.54, 1.807) is 0 Å². The molecule has 32 heavy (non-hydrogen) atoms. The van der Waals surface area contributed by atoms with Gasteiger partial charge in [0.25, 0.3) is 0 Å². The second kappa shape index (κ2) is 10.9. The van der Waals surface area contributed by atoms with Crippen molar-refractivity contribution in [1.29, 1.82) is 0 Å². The van der Waals surface area contributed by atoms with Crippen molar-refractivity contribution >= 4 is 18.2 Å². The Balaban J connectivity index is 0.00000289. The number of ether oxygens (including phenoxy) is 1. The average Bonchev–Trinajstić information content (AvgIpc) is 3.26. The maximum atomic E-state index is 13.4. The number of hydrogen-bond acceptors (Lipinski definition) is 3. The maximum absolute atomic E-state index is 13.4. The van der Waals surface area contributed by atoms with Gasteiger partial charge in [0.1, 0.15) is 5.75 Å². The van der Waals surface area contributed by atoms with Crippen LogP contribution in [0.5, 0.6) is 5.75 Å². The number of piperidine rings is 1. The number of carbonyl (C=O) groups is 1. The van der Waals surface area contributed by atoms with Crippen LogP contribution in [-0.2, 0) is 11.8 Å². The van der Waals surface area contributed by atoms with Crippen LogP contribution in [0.15, 0.2) is 48.5 Å². The molecular formula is C28H38ClNO2. The van der Waals surface area contributed by atoms with Crippen molar-refractivity contribution in [3.63, 3.8) is 0 Å². The van der Waals surface area contributed by atoms with Crippen molar-refractivity contribution < 1.29 is 9.53 Å². The van der Waals surface area contributed by atoms with Crippen molar-refractivity contribution in [2.75, 3.05) is 19.7 Å². The topological polar surface area (TPSA) is 29.5 Å². The summed E-state index contributed by atoms with van der Waals surface area (Å²) in [5.74, 6) is 1.89. The normalized spacial score (nSPS) is 23.8. The van der Waals surface area contributed by atoms with Crippen LogP contribution in [0.4, 0.5) is 0 Å². The predicted molar refractivity (Wildman–Crippen MR) is 134 cm³/mol. The smallest absolute Gasteiger partial charge is 0.179 e. The first-order chi connectivity index (χ1) is 15.1. The zero-order valence-corrected chi connectivity index (χ0v) is 20.6. The van der Waals surface area contributed by atoms with Crippen LogP contribution < -0.4 is 4.74 Å². The average molecular weight is 456 g/mol. The van der Waals surface area contributed by atoms with Gasteiger partial charge in [0.2, 0.25) is 0 Å². The molecule has 3 nitrogen and oxygen atoms in total. The highest BCUT2D eigenvalue weighted by Crippen LogP contribution is 2.51. The second-order valence-electron chi connectivity index (χ2n) is 9.42. The Bertz CT molecular complexity index is 914. The van der Waals surface area contributed by atoms with E-state index in [0.717, 1.165) is 55.8 Å². The second-order valence-corrected chi connectivity index (χ2v) is 9.42. The highest BCUT2D eigenvalue weighted by molar-refractivity contribution is 6.01. The molecule has 1 saturated carbocycles. The molecule has 0 amide bonds. The third-order valence-electron chi connectivity index (χ3n) is 7.73. The molecule has 0 N–H and O–H groups in total. The Labute approximate surface area is 200 Å². The quantitative estimate of drug-likeness (QED) is 0.427. The van der Waals surface area contributed by atoms with Crippen molar-refractivity contribution in [1.82, 2.24) is 4.90 Å². The van der Waals surface area contributed by atoms with Crippen LogP contribution in [0, 0.1) is 5.92 Å². The van der Waals surface area contributed by atoms with E-state index < -0.39 is 0 Å². The molecule has 2 aliphatic rings. The Hall–Kier alpha value is -1.84. The summed E-state index contributed by atoms with van der Waals surface area (Å²) in [7, 11) is 0. The molecule has 2 fully saturated rings. The molecule has 0 bridgehead atoms. The van der Waals surface area contributed by atoms with Gasteiger partial charge in [0, 0.05) is 17.5 Å². The summed E-state index contributed by atoms with van der Waals surface area (Å²) in [6.45, 7) is 9.15. The Morgan fingerprint density at radius 2 is 1.97 bits per heavy atom. The molecule has 1 saturated heterocycles. The lowest BCUT2D eigenvalue weighted by Gasteiger charge is -2.46. The van der Waals surface area contributed by atoms with Gasteiger partial charge in [-0.25, -0.2) is 0 Å².